The lowest BCUT2D eigenvalue weighted by atomic mass is 9.88. The van der Waals surface area contributed by atoms with Crippen molar-refractivity contribution in [2.24, 2.45) is 0 Å². The highest BCUT2D eigenvalue weighted by Crippen LogP contribution is 2.44. The van der Waals surface area contributed by atoms with Gasteiger partial charge in [0.05, 0.1) is 12.8 Å². The molecule has 1 aliphatic rings. The van der Waals surface area contributed by atoms with Crippen LogP contribution in [0.5, 0.6) is 17.2 Å². The maximum absolute atomic E-state index is 13.0. The molecule has 1 aliphatic heterocycles. The van der Waals surface area contributed by atoms with E-state index in [2.05, 4.69) is 5.32 Å². The fourth-order valence-electron chi connectivity index (χ4n) is 3.49. The second kappa shape index (κ2) is 8.29. The van der Waals surface area contributed by atoms with Crippen LogP contribution in [0.25, 0.3) is 0 Å². The first-order chi connectivity index (χ1) is 14.6. The van der Waals surface area contributed by atoms with Crippen molar-refractivity contribution in [3.63, 3.8) is 0 Å². The standard InChI is InChI=1S/C24H21NO5/c1-15-11-12-21(28-2)18(13-15)25-22(26)14-29-24(27)23-16-7-3-5-9-19(16)30-20-10-6-4-8-17(20)23/h3-13,23H,14H2,1-2H3,(H,25,26). The summed E-state index contributed by atoms with van der Waals surface area (Å²) in [6.45, 7) is 1.51. The summed E-state index contributed by atoms with van der Waals surface area (Å²) in [4.78, 5) is 25.4. The highest BCUT2D eigenvalue weighted by molar-refractivity contribution is 5.95. The number of anilines is 1. The van der Waals surface area contributed by atoms with Crippen LogP contribution in [0.3, 0.4) is 0 Å². The number of para-hydroxylation sites is 2. The fourth-order valence-corrected chi connectivity index (χ4v) is 3.49. The van der Waals surface area contributed by atoms with Crippen molar-refractivity contribution in [3.05, 3.63) is 83.4 Å². The van der Waals surface area contributed by atoms with Crippen molar-refractivity contribution >= 4 is 17.6 Å². The van der Waals surface area contributed by atoms with Gasteiger partial charge in [-0.3, -0.25) is 9.59 Å². The number of carbonyl (C=O) groups excluding carboxylic acids is 2. The number of methoxy groups -OCH3 is 1. The molecule has 3 aromatic carbocycles. The summed E-state index contributed by atoms with van der Waals surface area (Å²) in [5, 5.41) is 2.73. The van der Waals surface area contributed by atoms with Crippen molar-refractivity contribution in [2.75, 3.05) is 19.0 Å². The SMILES string of the molecule is COc1ccc(C)cc1NC(=O)COC(=O)C1c2ccccc2Oc2ccccc21. The van der Waals surface area contributed by atoms with E-state index in [4.69, 9.17) is 14.2 Å². The molecule has 0 radical (unpaired) electrons. The second-order valence-corrected chi connectivity index (χ2v) is 6.97. The summed E-state index contributed by atoms with van der Waals surface area (Å²) in [5.74, 6) is 0.129. The number of nitrogens with one attached hydrogen (secondary N) is 1. The lowest BCUT2D eigenvalue weighted by molar-refractivity contribution is -0.148. The van der Waals surface area contributed by atoms with Crippen molar-refractivity contribution in [1.82, 2.24) is 0 Å². The lowest BCUT2D eigenvalue weighted by Gasteiger charge is -2.26. The first kappa shape index (κ1) is 19.5. The first-order valence-electron chi connectivity index (χ1n) is 9.53. The van der Waals surface area contributed by atoms with E-state index < -0.39 is 24.4 Å². The minimum Gasteiger partial charge on any atom is -0.495 e. The highest BCUT2D eigenvalue weighted by atomic mass is 16.5. The Morgan fingerprint density at radius 3 is 2.23 bits per heavy atom. The van der Waals surface area contributed by atoms with Gasteiger partial charge in [0, 0.05) is 11.1 Å². The van der Waals surface area contributed by atoms with Crippen molar-refractivity contribution in [1.29, 1.82) is 0 Å². The van der Waals surface area contributed by atoms with Gasteiger partial charge in [0.1, 0.15) is 23.2 Å². The van der Waals surface area contributed by atoms with Crippen molar-refractivity contribution in [2.45, 2.75) is 12.8 Å². The zero-order valence-corrected chi connectivity index (χ0v) is 16.7. The van der Waals surface area contributed by atoms with Gasteiger partial charge in [-0.2, -0.15) is 0 Å². The average Bonchev–Trinajstić information content (AvgIpc) is 2.76. The lowest BCUT2D eigenvalue weighted by Crippen LogP contribution is -2.26. The molecule has 0 aromatic heterocycles. The molecule has 152 valence electrons. The molecule has 0 saturated heterocycles. The third-order valence-corrected chi connectivity index (χ3v) is 4.89. The molecule has 0 spiro atoms. The van der Waals surface area contributed by atoms with Crippen LogP contribution >= 0.6 is 0 Å². The van der Waals surface area contributed by atoms with Crippen LogP contribution in [0, 0.1) is 6.92 Å². The predicted octanol–water partition coefficient (Wildman–Crippen LogP) is 4.42. The summed E-state index contributed by atoms with van der Waals surface area (Å²) in [6.07, 6.45) is 0. The summed E-state index contributed by atoms with van der Waals surface area (Å²) in [7, 11) is 1.53. The zero-order valence-electron chi connectivity index (χ0n) is 16.7. The van der Waals surface area contributed by atoms with Crippen molar-refractivity contribution < 1.29 is 23.8 Å². The number of hydrogen-bond donors (Lipinski definition) is 1. The Bertz CT molecular complexity index is 1060. The normalized spacial score (nSPS) is 12.2. The van der Waals surface area contributed by atoms with Gasteiger partial charge in [-0.05, 0) is 36.8 Å². The van der Waals surface area contributed by atoms with Gasteiger partial charge in [0.15, 0.2) is 6.61 Å². The zero-order chi connectivity index (χ0) is 21.1. The van der Waals surface area contributed by atoms with Crippen LogP contribution in [0.15, 0.2) is 66.7 Å². The molecule has 1 amide bonds. The number of aryl methyl sites for hydroxylation is 1. The van der Waals surface area contributed by atoms with Crippen LogP contribution in [-0.4, -0.2) is 25.6 Å². The molecule has 0 aliphatic carbocycles. The molecule has 4 rings (SSSR count). The smallest absolute Gasteiger partial charge is 0.318 e. The van der Waals surface area contributed by atoms with Crippen LogP contribution in [0.2, 0.25) is 0 Å². The Morgan fingerprint density at radius 2 is 1.60 bits per heavy atom. The van der Waals surface area contributed by atoms with E-state index in [9.17, 15) is 9.59 Å². The topological polar surface area (TPSA) is 73.9 Å². The molecular formula is C24H21NO5. The molecule has 0 atom stereocenters. The number of fused-ring (bicyclic) bond motifs is 2. The van der Waals surface area contributed by atoms with E-state index in [1.165, 1.54) is 7.11 Å². The van der Waals surface area contributed by atoms with Gasteiger partial charge in [-0.15, -0.1) is 0 Å². The third-order valence-electron chi connectivity index (χ3n) is 4.89. The van der Waals surface area contributed by atoms with E-state index in [0.717, 1.165) is 5.56 Å². The Morgan fingerprint density at radius 1 is 0.967 bits per heavy atom. The second-order valence-electron chi connectivity index (χ2n) is 6.97. The number of esters is 1. The maximum Gasteiger partial charge on any atom is 0.318 e. The van der Waals surface area contributed by atoms with E-state index >= 15 is 0 Å². The first-order valence-corrected chi connectivity index (χ1v) is 9.53. The molecule has 30 heavy (non-hydrogen) atoms. The molecule has 1 N–H and O–H groups in total. The Kier molecular flexibility index (Phi) is 5.39. The minimum absolute atomic E-state index is 0.405. The highest BCUT2D eigenvalue weighted by Gasteiger charge is 2.33. The summed E-state index contributed by atoms with van der Waals surface area (Å²) in [5.41, 5.74) is 2.92. The molecule has 0 saturated carbocycles. The minimum atomic E-state index is -0.660. The summed E-state index contributed by atoms with van der Waals surface area (Å²) < 4.78 is 16.5. The van der Waals surface area contributed by atoms with Gasteiger partial charge >= 0.3 is 5.97 Å². The number of rotatable bonds is 5. The Labute approximate surface area is 174 Å². The number of amides is 1. The van der Waals surface area contributed by atoms with Gasteiger partial charge in [-0.25, -0.2) is 0 Å². The molecule has 0 fully saturated rings. The number of hydrogen-bond acceptors (Lipinski definition) is 5. The van der Waals surface area contributed by atoms with Crippen LogP contribution < -0.4 is 14.8 Å². The number of ether oxygens (including phenoxy) is 3. The molecule has 0 bridgehead atoms. The van der Waals surface area contributed by atoms with Crippen LogP contribution in [0.4, 0.5) is 5.69 Å². The van der Waals surface area contributed by atoms with E-state index in [0.29, 0.717) is 34.1 Å². The van der Waals surface area contributed by atoms with Gasteiger partial charge < -0.3 is 19.5 Å². The Balaban J connectivity index is 1.50. The van der Waals surface area contributed by atoms with Gasteiger partial charge in [0.25, 0.3) is 5.91 Å². The quantitative estimate of drug-likeness (QED) is 0.638. The largest absolute Gasteiger partial charge is 0.495 e. The van der Waals surface area contributed by atoms with Crippen LogP contribution in [0.1, 0.15) is 22.6 Å². The fraction of sp³-hybridized carbons (Fsp3) is 0.167. The van der Waals surface area contributed by atoms with E-state index in [1.807, 2.05) is 61.5 Å². The average molecular weight is 403 g/mol. The molecule has 6 nitrogen and oxygen atoms in total. The monoisotopic (exact) mass is 403 g/mol. The van der Waals surface area contributed by atoms with Crippen LogP contribution in [-0.2, 0) is 14.3 Å². The summed E-state index contributed by atoms with van der Waals surface area (Å²) >= 11 is 0. The Hall–Kier alpha value is -3.80. The molecule has 3 aromatic rings. The predicted molar refractivity (Wildman–Crippen MR) is 112 cm³/mol. The van der Waals surface area contributed by atoms with E-state index in [1.54, 1.807) is 12.1 Å². The van der Waals surface area contributed by atoms with E-state index in [-0.39, 0.29) is 0 Å². The molecule has 6 heteroatoms. The van der Waals surface area contributed by atoms with Gasteiger partial charge in [-0.1, -0.05) is 42.5 Å². The number of benzene rings is 3. The maximum atomic E-state index is 13.0. The molecule has 1 heterocycles. The third kappa shape index (κ3) is 3.85. The molecular weight excluding hydrogens is 382 g/mol. The van der Waals surface area contributed by atoms with Crippen molar-refractivity contribution in [3.8, 4) is 17.2 Å². The van der Waals surface area contributed by atoms with Gasteiger partial charge in [0.2, 0.25) is 0 Å². The number of carbonyl (C=O) groups is 2. The molecule has 0 unspecified atom stereocenters. The summed E-state index contributed by atoms with van der Waals surface area (Å²) in [6, 6.07) is 20.1.